The van der Waals surface area contributed by atoms with Crippen molar-refractivity contribution in [2.45, 2.75) is 6.10 Å². The number of anilines is 1. The smallest absolute Gasteiger partial charge is 0.236 e. The fraction of sp³-hybridized carbons (Fsp3) is 0.409. The van der Waals surface area contributed by atoms with Gasteiger partial charge in [-0.3, -0.25) is 9.69 Å². The van der Waals surface area contributed by atoms with Gasteiger partial charge in [-0.1, -0.05) is 28.1 Å². The highest BCUT2D eigenvalue weighted by molar-refractivity contribution is 9.10. The first-order valence-electron chi connectivity index (χ1n) is 9.96. The van der Waals surface area contributed by atoms with Crippen LogP contribution in [0, 0.1) is 5.82 Å². The SMILES string of the molecule is O=C(CN1CCOC(c2ccc(Br)cc2)C1)N1CCN(c2ccc(F)cc2)CC1. The lowest BCUT2D eigenvalue weighted by atomic mass is 10.1. The van der Waals surface area contributed by atoms with E-state index in [0.29, 0.717) is 26.2 Å². The maximum Gasteiger partial charge on any atom is 0.236 e. The summed E-state index contributed by atoms with van der Waals surface area (Å²) in [6, 6.07) is 14.7. The summed E-state index contributed by atoms with van der Waals surface area (Å²) >= 11 is 3.46. The average Bonchev–Trinajstić information content (AvgIpc) is 2.75. The minimum absolute atomic E-state index is 0.0000246. The van der Waals surface area contributed by atoms with Gasteiger partial charge in [-0.2, -0.15) is 0 Å². The number of hydrogen-bond acceptors (Lipinski definition) is 4. The molecule has 1 atom stereocenters. The number of nitrogens with zero attached hydrogens (tertiary/aromatic N) is 3. The molecule has 0 N–H and O–H groups in total. The molecule has 2 aliphatic rings. The molecular weight excluding hydrogens is 437 g/mol. The molecule has 1 unspecified atom stereocenters. The second kappa shape index (κ2) is 9.24. The summed E-state index contributed by atoms with van der Waals surface area (Å²) < 4.78 is 20.1. The fourth-order valence-corrected chi connectivity index (χ4v) is 4.15. The van der Waals surface area contributed by atoms with Gasteiger partial charge in [0.2, 0.25) is 5.91 Å². The van der Waals surface area contributed by atoms with Crippen LogP contribution in [0.15, 0.2) is 53.0 Å². The Bertz CT molecular complexity index is 823. The van der Waals surface area contributed by atoms with Gasteiger partial charge in [0.1, 0.15) is 5.82 Å². The first kappa shape index (κ1) is 20.3. The highest BCUT2D eigenvalue weighted by Crippen LogP contribution is 2.24. The number of morpholine rings is 1. The van der Waals surface area contributed by atoms with Crippen LogP contribution in [0.25, 0.3) is 0 Å². The molecule has 0 saturated carbocycles. The molecule has 1 amide bonds. The van der Waals surface area contributed by atoms with Gasteiger partial charge in [0.25, 0.3) is 0 Å². The van der Waals surface area contributed by atoms with Gasteiger partial charge in [-0.25, -0.2) is 4.39 Å². The van der Waals surface area contributed by atoms with Gasteiger partial charge in [0.15, 0.2) is 0 Å². The second-order valence-electron chi connectivity index (χ2n) is 7.49. The van der Waals surface area contributed by atoms with Crippen molar-refractivity contribution < 1.29 is 13.9 Å². The lowest BCUT2D eigenvalue weighted by Crippen LogP contribution is -2.52. The monoisotopic (exact) mass is 461 g/mol. The summed E-state index contributed by atoms with van der Waals surface area (Å²) in [5.74, 6) is -0.0604. The zero-order chi connectivity index (χ0) is 20.2. The Morgan fingerprint density at radius 1 is 1.00 bits per heavy atom. The molecule has 2 aromatic carbocycles. The number of ether oxygens (including phenoxy) is 1. The number of halogens is 2. The van der Waals surface area contributed by atoms with Crippen LogP contribution in [0.1, 0.15) is 11.7 Å². The number of piperazine rings is 1. The fourth-order valence-electron chi connectivity index (χ4n) is 3.88. The van der Waals surface area contributed by atoms with E-state index in [1.165, 1.54) is 12.1 Å². The Morgan fingerprint density at radius 3 is 2.38 bits per heavy atom. The molecule has 2 fully saturated rings. The standard InChI is InChI=1S/C22H25BrFN3O2/c23-18-3-1-17(2-4-18)21-15-25(13-14-29-21)16-22(28)27-11-9-26(10-12-27)20-7-5-19(24)6-8-20/h1-8,21H,9-16H2. The summed E-state index contributed by atoms with van der Waals surface area (Å²) in [5, 5.41) is 0. The largest absolute Gasteiger partial charge is 0.371 e. The third-order valence-corrected chi connectivity index (χ3v) is 6.10. The number of carbonyl (C=O) groups is 1. The molecule has 0 aromatic heterocycles. The number of rotatable bonds is 4. The molecule has 154 valence electrons. The zero-order valence-corrected chi connectivity index (χ0v) is 17.9. The summed E-state index contributed by atoms with van der Waals surface area (Å²) in [7, 11) is 0. The Labute approximate surface area is 179 Å². The molecule has 0 radical (unpaired) electrons. The van der Waals surface area contributed by atoms with Crippen LogP contribution >= 0.6 is 15.9 Å². The minimum Gasteiger partial charge on any atom is -0.371 e. The van der Waals surface area contributed by atoms with E-state index in [2.05, 4.69) is 37.9 Å². The number of hydrogen-bond donors (Lipinski definition) is 0. The van der Waals surface area contributed by atoms with Gasteiger partial charge in [0, 0.05) is 49.4 Å². The molecule has 29 heavy (non-hydrogen) atoms. The number of carbonyl (C=O) groups excluding carboxylic acids is 1. The zero-order valence-electron chi connectivity index (χ0n) is 16.3. The van der Waals surface area contributed by atoms with Gasteiger partial charge in [-0.15, -0.1) is 0 Å². The van der Waals surface area contributed by atoms with Gasteiger partial charge >= 0.3 is 0 Å². The normalized spacial score (nSPS) is 20.7. The molecular formula is C22H25BrFN3O2. The van der Waals surface area contributed by atoms with E-state index in [1.807, 2.05) is 17.0 Å². The molecule has 5 nitrogen and oxygen atoms in total. The second-order valence-corrected chi connectivity index (χ2v) is 8.41. The molecule has 4 rings (SSSR count). The van der Waals surface area contributed by atoms with Crippen LogP contribution in [0.3, 0.4) is 0 Å². The Balaban J connectivity index is 1.28. The van der Waals surface area contributed by atoms with Crippen molar-refractivity contribution in [1.82, 2.24) is 9.80 Å². The molecule has 2 saturated heterocycles. The van der Waals surface area contributed by atoms with Crippen molar-refractivity contribution in [1.29, 1.82) is 0 Å². The highest BCUT2D eigenvalue weighted by atomic mass is 79.9. The van der Waals surface area contributed by atoms with E-state index in [-0.39, 0.29) is 17.8 Å². The van der Waals surface area contributed by atoms with Crippen LogP contribution in [-0.2, 0) is 9.53 Å². The summed E-state index contributed by atoms with van der Waals surface area (Å²) in [6.45, 7) is 5.47. The molecule has 7 heteroatoms. The van der Waals surface area contributed by atoms with Gasteiger partial charge in [-0.05, 0) is 42.0 Å². The Hall–Kier alpha value is -1.96. The van der Waals surface area contributed by atoms with E-state index >= 15 is 0 Å². The van der Waals surface area contributed by atoms with E-state index in [4.69, 9.17) is 4.74 Å². The van der Waals surface area contributed by atoms with Crippen molar-refractivity contribution in [3.05, 3.63) is 64.4 Å². The van der Waals surface area contributed by atoms with Crippen molar-refractivity contribution in [2.75, 3.05) is 57.3 Å². The molecule has 2 aromatic rings. The van der Waals surface area contributed by atoms with Crippen molar-refractivity contribution in [3.8, 4) is 0 Å². The lowest BCUT2D eigenvalue weighted by molar-refractivity contribution is -0.134. The third-order valence-electron chi connectivity index (χ3n) is 5.58. The quantitative estimate of drug-likeness (QED) is 0.699. The van der Waals surface area contributed by atoms with Gasteiger partial charge in [0.05, 0.1) is 19.3 Å². The number of benzene rings is 2. The maximum absolute atomic E-state index is 13.1. The Morgan fingerprint density at radius 2 is 1.69 bits per heavy atom. The maximum atomic E-state index is 13.1. The molecule has 0 spiro atoms. The van der Waals surface area contributed by atoms with E-state index in [1.54, 1.807) is 12.1 Å². The molecule has 2 aliphatic heterocycles. The predicted molar refractivity (Wildman–Crippen MR) is 114 cm³/mol. The molecule has 0 bridgehead atoms. The highest BCUT2D eigenvalue weighted by Gasteiger charge is 2.27. The van der Waals surface area contributed by atoms with Crippen molar-refractivity contribution >= 4 is 27.5 Å². The van der Waals surface area contributed by atoms with E-state index < -0.39 is 0 Å². The molecule has 2 heterocycles. The Kier molecular flexibility index (Phi) is 6.47. The first-order chi connectivity index (χ1) is 14.1. The first-order valence-corrected chi connectivity index (χ1v) is 10.8. The number of amides is 1. The predicted octanol–water partition coefficient (Wildman–Crippen LogP) is 3.31. The lowest BCUT2D eigenvalue weighted by Gasteiger charge is -2.38. The van der Waals surface area contributed by atoms with Crippen LogP contribution < -0.4 is 4.90 Å². The molecule has 0 aliphatic carbocycles. The van der Waals surface area contributed by atoms with Crippen LogP contribution in [-0.4, -0.2) is 68.1 Å². The average molecular weight is 462 g/mol. The van der Waals surface area contributed by atoms with Crippen LogP contribution in [0.4, 0.5) is 10.1 Å². The van der Waals surface area contributed by atoms with Crippen LogP contribution in [0.5, 0.6) is 0 Å². The van der Waals surface area contributed by atoms with E-state index in [9.17, 15) is 9.18 Å². The summed E-state index contributed by atoms with van der Waals surface area (Å²) in [6.07, 6.45) is -0.0000246. The minimum atomic E-state index is -0.227. The van der Waals surface area contributed by atoms with Crippen molar-refractivity contribution in [2.24, 2.45) is 0 Å². The summed E-state index contributed by atoms with van der Waals surface area (Å²) in [5.41, 5.74) is 2.14. The third kappa shape index (κ3) is 5.15. The van der Waals surface area contributed by atoms with Gasteiger partial charge < -0.3 is 14.5 Å². The van der Waals surface area contributed by atoms with Crippen LogP contribution in [0.2, 0.25) is 0 Å². The van der Waals surface area contributed by atoms with E-state index in [0.717, 1.165) is 41.9 Å². The topological polar surface area (TPSA) is 36.0 Å². The van der Waals surface area contributed by atoms with Crippen molar-refractivity contribution in [3.63, 3.8) is 0 Å². The summed E-state index contributed by atoms with van der Waals surface area (Å²) in [4.78, 5) is 19.1.